The van der Waals surface area contributed by atoms with Crippen LogP contribution in [0, 0.1) is 20.8 Å². The molecule has 0 saturated carbocycles. The van der Waals surface area contributed by atoms with Crippen molar-refractivity contribution in [2.24, 2.45) is 0 Å². The Labute approximate surface area is 120 Å². The minimum absolute atomic E-state index is 0.186. The van der Waals surface area contributed by atoms with Gasteiger partial charge in [-0.05, 0) is 43.5 Å². The summed E-state index contributed by atoms with van der Waals surface area (Å²) in [6, 6.07) is 12.4. The van der Waals surface area contributed by atoms with Crippen LogP contribution in [0.5, 0.6) is 5.75 Å². The van der Waals surface area contributed by atoms with Gasteiger partial charge in [0.1, 0.15) is 5.75 Å². The van der Waals surface area contributed by atoms with E-state index in [0.717, 1.165) is 16.9 Å². The highest BCUT2D eigenvalue weighted by atomic mass is 35.5. The fourth-order valence-corrected chi connectivity index (χ4v) is 2.46. The first-order chi connectivity index (χ1) is 9.02. The van der Waals surface area contributed by atoms with E-state index in [1.165, 1.54) is 16.7 Å². The van der Waals surface area contributed by atoms with E-state index in [9.17, 15) is 0 Å². The van der Waals surface area contributed by atoms with Crippen LogP contribution >= 0.6 is 11.6 Å². The minimum atomic E-state index is -0.186. The first kappa shape index (κ1) is 14.0. The van der Waals surface area contributed by atoms with Crippen molar-refractivity contribution >= 4 is 11.6 Å². The van der Waals surface area contributed by atoms with Crippen LogP contribution in [0.3, 0.4) is 0 Å². The molecule has 1 unspecified atom stereocenters. The van der Waals surface area contributed by atoms with Crippen molar-refractivity contribution < 1.29 is 4.74 Å². The summed E-state index contributed by atoms with van der Waals surface area (Å²) in [6.07, 6.45) is 0. The fourth-order valence-electron chi connectivity index (χ4n) is 2.15. The maximum absolute atomic E-state index is 6.63. The van der Waals surface area contributed by atoms with Crippen molar-refractivity contribution in [2.45, 2.75) is 26.1 Å². The Morgan fingerprint density at radius 1 is 0.947 bits per heavy atom. The number of alkyl halides is 1. The SMILES string of the molecule is COc1ccc(C)cc1C(Cl)c1ccc(C)c(C)c1. The van der Waals surface area contributed by atoms with E-state index in [4.69, 9.17) is 16.3 Å². The molecule has 2 heteroatoms. The Morgan fingerprint density at radius 3 is 2.32 bits per heavy atom. The summed E-state index contributed by atoms with van der Waals surface area (Å²) in [6.45, 7) is 6.28. The third-order valence-corrected chi connectivity index (χ3v) is 3.97. The molecule has 0 fully saturated rings. The molecule has 1 atom stereocenters. The van der Waals surface area contributed by atoms with Gasteiger partial charge in [0.2, 0.25) is 0 Å². The largest absolute Gasteiger partial charge is 0.496 e. The van der Waals surface area contributed by atoms with E-state index in [-0.39, 0.29) is 5.38 Å². The van der Waals surface area contributed by atoms with Gasteiger partial charge in [-0.25, -0.2) is 0 Å². The highest BCUT2D eigenvalue weighted by molar-refractivity contribution is 6.22. The molecule has 0 N–H and O–H groups in total. The van der Waals surface area contributed by atoms with E-state index in [2.05, 4.69) is 45.0 Å². The standard InChI is InChI=1S/C17H19ClO/c1-11-5-8-16(19-4)15(9-11)17(18)14-7-6-12(2)13(3)10-14/h5-10,17H,1-4H3. The lowest BCUT2D eigenvalue weighted by Gasteiger charge is -2.16. The molecule has 2 aromatic rings. The van der Waals surface area contributed by atoms with Gasteiger partial charge in [0, 0.05) is 5.56 Å². The molecular weight excluding hydrogens is 256 g/mol. The molecule has 0 saturated heterocycles. The second kappa shape index (κ2) is 5.66. The quantitative estimate of drug-likeness (QED) is 0.720. The molecule has 0 aliphatic carbocycles. The lowest BCUT2D eigenvalue weighted by Crippen LogP contribution is -1.99. The molecule has 2 rings (SSSR count). The maximum atomic E-state index is 6.63. The van der Waals surface area contributed by atoms with Gasteiger partial charge in [-0.3, -0.25) is 0 Å². The molecule has 2 aromatic carbocycles. The first-order valence-electron chi connectivity index (χ1n) is 6.38. The normalized spacial score (nSPS) is 12.3. The summed E-state index contributed by atoms with van der Waals surface area (Å²) in [7, 11) is 1.68. The van der Waals surface area contributed by atoms with Gasteiger partial charge in [0.25, 0.3) is 0 Å². The van der Waals surface area contributed by atoms with Crippen LogP contribution in [0.15, 0.2) is 36.4 Å². The van der Waals surface area contributed by atoms with Gasteiger partial charge in [-0.1, -0.05) is 35.9 Å². The average molecular weight is 275 g/mol. The second-order valence-corrected chi connectivity index (χ2v) is 5.39. The number of hydrogen-bond acceptors (Lipinski definition) is 1. The zero-order valence-corrected chi connectivity index (χ0v) is 12.6. The Bertz CT molecular complexity index is 590. The van der Waals surface area contributed by atoms with Gasteiger partial charge in [-0.2, -0.15) is 0 Å². The molecule has 0 bridgehead atoms. The predicted octanol–water partition coefficient (Wildman–Crippen LogP) is 4.95. The van der Waals surface area contributed by atoms with Crippen LogP contribution in [-0.2, 0) is 0 Å². The number of halogens is 1. The summed E-state index contributed by atoms with van der Waals surface area (Å²) in [5, 5.41) is -0.186. The Hall–Kier alpha value is -1.47. The van der Waals surface area contributed by atoms with E-state index in [1.54, 1.807) is 7.11 Å². The molecular formula is C17H19ClO. The van der Waals surface area contributed by atoms with Crippen LogP contribution in [-0.4, -0.2) is 7.11 Å². The van der Waals surface area contributed by atoms with E-state index in [0.29, 0.717) is 0 Å². The van der Waals surface area contributed by atoms with E-state index >= 15 is 0 Å². The lowest BCUT2D eigenvalue weighted by molar-refractivity contribution is 0.410. The molecule has 0 spiro atoms. The van der Waals surface area contributed by atoms with Crippen LogP contribution in [0.1, 0.15) is 33.2 Å². The number of benzene rings is 2. The van der Waals surface area contributed by atoms with Crippen molar-refractivity contribution in [3.05, 3.63) is 64.2 Å². The third kappa shape index (κ3) is 2.93. The molecule has 0 aliphatic heterocycles. The number of hydrogen-bond donors (Lipinski definition) is 0. The van der Waals surface area contributed by atoms with Crippen molar-refractivity contribution in [1.82, 2.24) is 0 Å². The summed E-state index contributed by atoms with van der Waals surface area (Å²) < 4.78 is 5.41. The number of aryl methyl sites for hydroxylation is 3. The highest BCUT2D eigenvalue weighted by Crippen LogP contribution is 2.36. The Morgan fingerprint density at radius 2 is 1.68 bits per heavy atom. The molecule has 0 amide bonds. The maximum Gasteiger partial charge on any atom is 0.123 e. The number of ether oxygens (including phenoxy) is 1. The molecule has 0 aromatic heterocycles. The van der Waals surface area contributed by atoms with Crippen molar-refractivity contribution in [3.8, 4) is 5.75 Å². The monoisotopic (exact) mass is 274 g/mol. The van der Waals surface area contributed by atoms with Crippen LogP contribution in [0.25, 0.3) is 0 Å². The smallest absolute Gasteiger partial charge is 0.123 e. The molecule has 1 nitrogen and oxygen atoms in total. The van der Waals surface area contributed by atoms with E-state index in [1.807, 2.05) is 12.1 Å². The second-order valence-electron chi connectivity index (χ2n) is 4.95. The zero-order valence-electron chi connectivity index (χ0n) is 11.8. The molecule has 100 valence electrons. The molecule has 0 radical (unpaired) electrons. The zero-order chi connectivity index (χ0) is 14.0. The Balaban J connectivity index is 2.45. The van der Waals surface area contributed by atoms with Crippen LogP contribution < -0.4 is 4.74 Å². The van der Waals surface area contributed by atoms with Crippen LogP contribution in [0.4, 0.5) is 0 Å². The number of methoxy groups -OCH3 is 1. The summed E-state index contributed by atoms with van der Waals surface area (Å²) in [4.78, 5) is 0. The molecule has 0 heterocycles. The van der Waals surface area contributed by atoms with Crippen molar-refractivity contribution in [1.29, 1.82) is 0 Å². The lowest BCUT2D eigenvalue weighted by atomic mass is 9.98. The van der Waals surface area contributed by atoms with Crippen LogP contribution in [0.2, 0.25) is 0 Å². The third-order valence-electron chi connectivity index (χ3n) is 3.48. The topological polar surface area (TPSA) is 9.23 Å². The van der Waals surface area contributed by atoms with Gasteiger partial charge in [0.05, 0.1) is 12.5 Å². The van der Waals surface area contributed by atoms with Gasteiger partial charge in [0.15, 0.2) is 0 Å². The minimum Gasteiger partial charge on any atom is -0.496 e. The predicted molar refractivity (Wildman–Crippen MR) is 81.3 cm³/mol. The first-order valence-corrected chi connectivity index (χ1v) is 6.82. The van der Waals surface area contributed by atoms with Gasteiger partial charge >= 0.3 is 0 Å². The van der Waals surface area contributed by atoms with Crippen molar-refractivity contribution in [3.63, 3.8) is 0 Å². The average Bonchev–Trinajstić information content (AvgIpc) is 2.41. The van der Waals surface area contributed by atoms with Gasteiger partial charge in [-0.15, -0.1) is 11.6 Å². The van der Waals surface area contributed by atoms with Crippen molar-refractivity contribution in [2.75, 3.05) is 7.11 Å². The summed E-state index contributed by atoms with van der Waals surface area (Å²) in [5.74, 6) is 0.837. The Kier molecular flexibility index (Phi) is 4.16. The number of rotatable bonds is 3. The molecule has 19 heavy (non-hydrogen) atoms. The van der Waals surface area contributed by atoms with E-state index < -0.39 is 0 Å². The summed E-state index contributed by atoms with van der Waals surface area (Å²) >= 11 is 6.63. The molecule has 0 aliphatic rings. The summed E-state index contributed by atoms with van der Waals surface area (Å²) in [5.41, 5.74) is 5.85. The fraction of sp³-hybridized carbons (Fsp3) is 0.294. The highest BCUT2D eigenvalue weighted by Gasteiger charge is 2.16. The van der Waals surface area contributed by atoms with Gasteiger partial charge < -0.3 is 4.74 Å².